The predicted octanol–water partition coefficient (Wildman–Crippen LogP) is 6.12. The van der Waals surface area contributed by atoms with E-state index in [9.17, 15) is 13.2 Å². The van der Waals surface area contributed by atoms with Gasteiger partial charge in [0.2, 0.25) is 0 Å². The molecule has 0 aliphatic carbocycles. The summed E-state index contributed by atoms with van der Waals surface area (Å²) in [5, 5.41) is 8.02. The predicted molar refractivity (Wildman–Crippen MR) is 162 cm³/mol. The van der Waals surface area contributed by atoms with Crippen molar-refractivity contribution in [2.45, 2.75) is 25.8 Å². The Morgan fingerprint density at radius 2 is 1.76 bits per heavy atom. The summed E-state index contributed by atoms with van der Waals surface area (Å²) in [4.78, 5) is 17.7. The summed E-state index contributed by atoms with van der Waals surface area (Å²) in [5.41, 5.74) is 7.51. The fraction of sp³-hybridized carbons (Fsp3) is 0.182. The third-order valence-corrected chi connectivity index (χ3v) is 9.11. The van der Waals surface area contributed by atoms with Crippen LogP contribution in [0.4, 0.5) is 5.69 Å². The number of hydrogen-bond acceptors (Lipinski definition) is 5. The summed E-state index contributed by atoms with van der Waals surface area (Å²) in [6.07, 6.45) is 2.73. The first-order valence-corrected chi connectivity index (χ1v) is 15.4. The maximum atomic E-state index is 13.2. The normalized spacial score (nSPS) is 16.0. The van der Waals surface area contributed by atoms with Gasteiger partial charge < -0.3 is 5.32 Å². The molecule has 0 bridgehead atoms. The maximum Gasteiger partial charge on any atom is 0.255 e. The number of sulfone groups is 1. The second-order valence-corrected chi connectivity index (χ2v) is 12.7. The Morgan fingerprint density at radius 1 is 0.951 bits per heavy atom. The third-order valence-electron chi connectivity index (χ3n) is 7.36. The second kappa shape index (κ2) is 11.1. The van der Waals surface area contributed by atoms with E-state index in [4.69, 9.17) is 5.10 Å². The molecule has 1 fully saturated rings. The van der Waals surface area contributed by atoms with Crippen molar-refractivity contribution < 1.29 is 13.2 Å². The molecule has 1 saturated heterocycles. The highest BCUT2D eigenvalue weighted by atomic mass is 32.2. The topological polar surface area (TPSA) is 93.9 Å². The van der Waals surface area contributed by atoms with E-state index in [1.54, 1.807) is 12.3 Å². The number of nitrogens with one attached hydrogen (secondary N) is 1. The van der Waals surface area contributed by atoms with Crippen molar-refractivity contribution in [3.8, 4) is 22.6 Å². The molecule has 0 saturated carbocycles. The summed E-state index contributed by atoms with van der Waals surface area (Å²) in [7, 11) is -3.13. The fourth-order valence-electron chi connectivity index (χ4n) is 5.43. The number of amides is 1. The molecule has 3 aromatic carbocycles. The number of aromatic nitrogens is 3. The highest BCUT2D eigenvalue weighted by Gasteiger charge is 2.33. The van der Waals surface area contributed by atoms with Crippen molar-refractivity contribution >= 4 is 21.4 Å². The molecular weight excluding hydrogens is 532 g/mol. The third kappa shape index (κ3) is 5.83. The van der Waals surface area contributed by atoms with Gasteiger partial charge in [-0.1, -0.05) is 60.7 Å². The van der Waals surface area contributed by atoms with Crippen LogP contribution in [0.3, 0.4) is 0 Å². The summed E-state index contributed by atoms with van der Waals surface area (Å²) in [6.45, 7) is 1.99. The average Bonchev–Trinajstić information content (AvgIpc) is 3.53. The molecule has 0 spiro atoms. The van der Waals surface area contributed by atoms with Gasteiger partial charge in [0.1, 0.15) is 5.69 Å². The zero-order valence-corrected chi connectivity index (χ0v) is 23.5. The SMILES string of the molecule is Cc1cccc(NC(=O)c2cccc(Cc3c(-c4ccccn4)nn(C4CCS(=O)(=O)C4)c3-c3ccccc3)c2)c1. The van der Waals surface area contributed by atoms with Crippen LogP contribution < -0.4 is 5.32 Å². The quantitative estimate of drug-likeness (QED) is 0.258. The van der Waals surface area contributed by atoms with Crippen LogP contribution in [0.15, 0.2) is 103 Å². The minimum absolute atomic E-state index is 0.0598. The molecule has 1 N–H and O–H groups in total. The summed E-state index contributed by atoms with van der Waals surface area (Å²) in [5.74, 6) is 0.0278. The lowest BCUT2D eigenvalue weighted by molar-refractivity contribution is 0.102. The molecular formula is C33H30N4O3S. The Morgan fingerprint density at radius 3 is 2.49 bits per heavy atom. The van der Waals surface area contributed by atoms with Crippen LogP contribution >= 0.6 is 0 Å². The molecule has 0 radical (unpaired) electrons. The Kier molecular flexibility index (Phi) is 7.24. The molecule has 206 valence electrons. The number of aryl methyl sites for hydroxylation is 1. The molecule has 1 atom stereocenters. The maximum absolute atomic E-state index is 13.2. The van der Waals surface area contributed by atoms with Crippen LogP contribution in [-0.2, 0) is 16.3 Å². The first-order chi connectivity index (χ1) is 19.9. The second-order valence-electron chi connectivity index (χ2n) is 10.5. The Labute approximate surface area is 239 Å². The van der Waals surface area contributed by atoms with E-state index in [2.05, 4.69) is 10.3 Å². The molecule has 1 unspecified atom stereocenters. The first-order valence-electron chi connectivity index (χ1n) is 13.6. The Bertz CT molecular complexity index is 1820. The zero-order valence-electron chi connectivity index (χ0n) is 22.7. The summed E-state index contributed by atoms with van der Waals surface area (Å²) in [6, 6.07) is 30.7. The largest absolute Gasteiger partial charge is 0.322 e. The van der Waals surface area contributed by atoms with Crippen molar-refractivity contribution in [2.75, 3.05) is 16.8 Å². The van der Waals surface area contributed by atoms with Gasteiger partial charge >= 0.3 is 0 Å². The van der Waals surface area contributed by atoms with Crippen LogP contribution in [0.5, 0.6) is 0 Å². The van der Waals surface area contributed by atoms with Crippen LogP contribution in [0.25, 0.3) is 22.6 Å². The van der Waals surface area contributed by atoms with Crippen LogP contribution in [-0.4, -0.2) is 40.6 Å². The van der Waals surface area contributed by atoms with E-state index in [-0.39, 0.29) is 23.5 Å². The van der Waals surface area contributed by atoms with E-state index >= 15 is 0 Å². The number of benzene rings is 3. The van der Waals surface area contributed by atoms with E-state index in [1.165, 1.54) is 0 Å². The smallest absolute Gasteiger partial charge is 0.255 e. The highest BCUT2D eigenvalue weighted by molar-refractivity contribution is 7.91. The molecule has 1 aliphatic heterocycles. The number of pyridine rings is 1. The number of carbonyl (C=O) groups is 1. The number of rotatable bonds is 7. The van der Waals surface area contributed by atoms with Gasteiger partial charge in [-0.2, -0.15) is 5.10 Å². The van der Waals surface area contributed by atoms with E-state index in [0.29, 0.717) is 29.8 Å². The fourth-order valence-corrected chi connectivity index (χ4v) is 7.12. The van der Waals surface area contributed by atoms with Gasteiger partial charge in [0.05, 0.1) is 28.9 Å². The number of nitrogens with zero attached hydrogens (tertiary/aromatic N) is 3. The minimum Gasteiger partial charge on any atom is -0.322 e. The van der Waals surface area contributed by atoms with E-state index < -0.39 is 9.84 Å². The van der Waals surface area contributed by atoms with Crippen molar-refractivity contribution in [2.24, 2.45) is 0 Å². The minimum atomic E-state index is -3.13. The van der Waals surface area contributed by atoms with Gasteiger partial charge in [0.25, 0.3) is 5.91 Å². The monoisotopic (exact) mass is 562 g/mol. The lowest BCUT2D eigenvalue weighted by atomic mass is 9.96. The van der Waals surface area contributed by atoms with Gasteiger partial charge in [0, 0.05) is 35.0 Å². The zero-order chi connectivity index (χ0) is 28.4. The van der Waals surface area contributed by atoms with Crippen molar-refractivity contribution in [1.82, 2.24) is 14.8 Å². The molecule has 1 aliphatic rings. The first kappa shape index (κ1) is 26.7. The van der Waals surface area contributed by atoms with Gasteiger partial charge in [-0.3, -0.25) is 14.5 Å². The molecule has 1 amide bonds. The Hall–Kier alpha value is -4.56. The molecule has 7 nitrogen and oxygen atoms in total. The lowest BCUT2D eigenvalue weighted by Crippen LogP contribution is -2.14. The molecule has 5 aromatic rings. The van der Waals surface area contributed by atoms with E-state index in [1.807, 2.05) is 103 Å². The number of hydrogen-bond donors (Lipinski definition) is 1. The van der Waals surface area contributed by atoms with Crippen molar-refractivity contribution in [3.05, 3.63) is 126 Å². The molecule has 41 heavy (non-hydrogen) atoms. The van der Waals surface area contributed by atoms with Gasteiger partial charge in [0.15, 0.2) is 9.84 Å². The lowest BCUT2D eigenvalue weighted by Gasteiger charge is -2.15. The molecule has 8 heteroatoms. The van der Waals surface area contributed by atoms with Crippen molar-refractivity contribution in [3.63, 3.8) is 0 Å². The summed E-state index contributed by atoms with van der Waals surface area (Å²) >= 11 is 0. The molecule has 3 heterocycles. The van der Waals surface area contributed by atoms with E-state index in [0.717, 1.165) is 33.6 Å². The Balaban J connectivity index is 1.44. The average molecular weight is 563 g/mol. The van der Waals surface area contributed by atoms with Gasteiger partial charge in [-0.15, -0.1) is 0 Å². The van der Waals surface area contributed by atoms with Gasteiger partial charge in [-0.05, 0) is 60.9 Å². The van der Waals surface area contributed by atoms with Gasteiger partial charge in [-0.25, -0.2) is 8.42 Å². The number of carbonyl (C=O) groups excluding carboxylic acids is 1. The highest BCUT2D eigenvalue weighted by Crippen LogP contribution is 2.37. The molecule has 6 rings (SSSR count). The number of anilines is 1. The summed E-state index contributed by atoms with van der Waals surface area (Å²) < 4.78 is 26.8. The van der Waals surface area contributed by atoms with Crippen LogP contribution in [0, 0.1) is 6.92 Å². The van der Waals surface area contributed by atoms with Crippen LogP contribution in [0.1, 0.15) is 39.5 Å². The van der Waals surface area contributed by atoms with Crippen molar-refractivity contribution in [1.29, 1.82) is 0 Å². The van der Waals surface area contributed by atoms with Crippen LogP contribution in [0.2, 0.25) is 0 Å². The standard InChI is InChI=1S/C33H30N4O3S/c1-23-9-7-14-27(19-23)35-33(38)26-13-8-10-24(20-26)21-29-31(30-15-5-6-17-34-30)36-37(28-16-18-41(39,40)22-28)32(29)25-11-3-2-4-12-25/h2-15,17,19-20,28H,16,18,21-22H2,1H3,(H,35,38). The molecule has 2 aromatic heterocycles.